The second-order valence-corrected chi connectivity index (χ2v) is 2.33. The first kappa shape index (κ1) is 9.90. The van der Waals surface area contributed by atoms with E-state index in [9.17, 15) is 0 Å². The number of pyridine rings is 1. The van der Waals surface area contributed by atoms with Crippen molar-refractivity contribution in [3.63, 3.8) is 0 Å². The summed E-state index contributed by atoms with van der Waals surface area (Å²) < 4.78 is 0.812. The topological polar surface area (TPSA) is 76.2 Å². The molecule has 1 rings (SSSR count). The lowest BCUT2D eigenvalue weighted by Gasteiger charge is -1.88. The zero-order valence-electron chi connectivity index (χ0n) is 5.57. The predicted octanol–water partition coefficient (Wildman–Crippen LogP) is 1.13. The Labute approximate surface area is 72.2 Å². The second kappa shape index (κ2) is 5.67. The third kappa shape index (κ3) is 5.35. The van der Waals surface area contributed by atoms with Crippen molar-refractivity contribution >= 4 is 28.1 Å². The highest BCUT2D eigenvalue weighted by Crippen LogP contribution is 2.05. The number of halogens is 1. The summed E-state index contributed by atoms with van der Waals surface area (Å²) in [6, 6.07) is 3.59. The predicted molar refractivity (Wildman–Crippen MR) is 45.0 cm³/mol. The van der Waals surface area contributed by atoms with Crippen LogP contribution in [-0.4, -0.2) is 16.6 Å². The highest BCUT2D eigenvalue weighted by Gasteiger charge is 1.83. The maximum absolute atomic E-state index is 8.36. The van der Waals surface area contributed by atoms with Crippen molar-refractivity contribution in [1.29, 1.82) is 0 Å². The Bertz CT molecular complexity index is 191. The van der Waals surface area contributed by atoms with Crippen LogP contribution in [0.25, 0.3) is 0 Å². The van der Waals surface area contributed by atoms with E-state index in [0.717, 1.165) is 4.60 Å². The van der Waals surface area contributed by atoms with Gasteiger partial charge in [-0.15, -0.1) is 0 Å². The Balaban J connectivity index is 0.000000292. The summed E-state index contributed by atoms with van der Waals surface area (Å²) in [4.78, 5) is 12.2. The molecule has 60 valence electrons. The minimum atomic E-state index is -0.250. The maximum Gasteiger partial charge on any atom is 0.290 e. The van der Waals surface area contributed by atoms with Gasteiger partial charge in [-0.05, 0) is 28.1 Å². The van der Waals surface area contributed by atoms with Gasteiger partial charge in [-0.3, -0.25) is 4.79 Å². The molecule has 0 saturated heterocycles. The van der Waals surface area contributed by atoms with Gasteiger partial charge in [-0.1, -0.05) is 0 Å². The highest BCUT2D eigenvalue weighted by molar-refractivity contribution is 9.10. The summed E-state index contributed by atoms with van der Waals surface area (Å²) in [5.74, 6) is 0. The van der Waals surface area contributed by atoms with E-state index in [1.165, 1.54) is 0 Å². The van der Waals surface area contributed by atoms with E-state index in [-0.39, 0.29) is 6.47 Å². The minimum absolute atomic E-state index is 0.250. The molecule has 0 aliphatic rings. The zero-order valence-corrected chi connectivity index (χ0v) is 7.15. The van der Waals surface area contributed by atoms with Gasteiger partial charge in [0.2, 0.25) is 0 Å². The average molecular weight is 219 g/mol. The molecule has 0 aliphatic heterocycles. The van der Waals surface area contributed by atoms with E-state index in [2.05, 4.69) is 20.9 Å². The van der Waals surface area contributed by atoms with Gasteiger partial charge in [0.1, 0.15) is 4.60 Å². The van der Waals surface area contributed by atoms with E-state index in [0.29, 0.717) is 5.69 Å². The van der Waals surface area contributed by atoms with Gasteiger partial charge < -0.3 is 10.8 Å². The largest absolute Gasteiger partial charge is 0.483 e. The van der Waals surface area contributed by atoms with E-state index in [1.54, 1.807) is 18.3 Å². The molecule has 0 atom stereocenters. The third-order valence-corrected chi connectivity index (χ3v) is 1.22. The summed E-state index contributed by atoms with van der Waals surface area (Å²) in [7, 11) is 0. The van der Waals surface area contributed by atoms with Gasteiger partial charge in [0.05, 0.1) is 11.9 Å². The molecule has 0 radical (unpaired) electrons. The van der Waals surface area contributed by atoms with Gasteiger partial charge in [-0.2, -0.15) is 0 Å². The lowest BCUT2D eigenvalue weighted by atomic mass is 10.4. The Morgan fingerprint density at radius 3 is 2.45 bits per heavy atom. The Morgan fingerprint density at radius 1 is 1.64 bits per heavy atom. The summed E-state index contributed by atoms with van der Waals surface area (Å²) in [5, 5.41) is 6.89. The molecule has 0 aromatic carbocycles. The second-order valence-electron chi connectivity index (χ2n) is 1.52. The molecule has 1 aromatic rings. The van der Waals surface area contributed by atoms with Crippen LogP contribution in [0.5, 0.6) is 0 Å². The van der Waals surface area contributed by atoms with Crippen LogP contribution >= 0.6 is 15.9 Å². The SMILES string of the molecule is Nc1ccc(Br)nc1.O=CO. The molecule has 0 spiro atoms. The third-order valence-electron chi connectivity index (χ3n) is 0.750. The quantitative estimate of drug-likeness (QED) is 0.506. The molecule has 0 amide bonds. The molecule has 1 aromatic heterocycles. The molecule has 1 heterocycles. The Hall–Kier alpha value is -1.10. The smallest absolute Gasteiger partial charge is 0.290 e. The molecule has 0 bridgehead atoms. The van der Waals surface area contributed by atoms with Crippen molar-refractivity contribution < 1.29 is 9.90 Å². The fourth-order valence-electron chi connectivity index (χ4n) is 0.387. The van der Waals surface area contributed by atoms with Crippen LogP contribution in [0.15, 0.2) is 22.9 Å². The van der Waals surface area contributed by atoms with E-state index < -0.39 is 0 Å². The van der Waals surface area contributed by atoms with Crippen LogP contribution in [-0.2, 0) is 4.79 Å². The molecule has 0 saturated carbocycles. The summed E-state index contributed by atoms with van der Waals surface area (Å²) in [6.45, 7) is -0.250. The van der Waals surface area contributed by atoms with Gasteiger partial charge in [-0.25, -0.2) is 4.98 Å². The number of carboxylic acid groups (broad SMARTS) is 1. The van der Waals surface area contributed by atoms with Crippen LogP contribution < -0.4 is 5.73 Å². The average Bonchev–Trinajstić information content (AvgIpc) is 1.97. The first-order valence-corrected chi connectivity index (χ1v) is 3.45. The van der Waals surface area contributed by atoms with Crippen molar-refractivity contribution in [2.75, 3.05) is 5.73 Å². The van der Waals surface area contributed by atoms with Crippen LogP contribution in [0.4, 0.5) is 5.69 Å². The molecule has 0 unspecified atom stereocenters. The molecule has 0 fully saturated rings. The van der Waals surface area contributed by atoms with E-state index >= 15 is 0 Å². The van der Waals surface area contributed by atoms with Gasteiger partial charge in [0.25, 0.3) is 6.47 Å². The molecule has 11 heavy (non-hydrogen) atoms. The van der Waals surface area contributed by atoms with Crippen molar-refractivity contribution in [3.05, 3.63) is 22.9 Å². The van der Waals surface area contributed by atoms with Crippen molar-refractivity contribution in [1.82, 2.24) is 4.98 Å². The standard InChI is InChI=1S/C5H5BrN2.CH2O2/c6-5-2-1-4(7)3-8-5;2-1-3/h1-3H,7H2;1H,(H,2,3). The molecule has 4 nitrogen and oxygen atoms in total. The molecule has 0 aliphatic carbocycles. The molecule has 3 N–H and O–H groups in total. The van der Waals surface area contributed by atoms with E-state index in [1.807, 2.05) is 0 Å². The zero-order chi connectivity index (χ0) is 8.69. The fourth-order valence-corrected chi connectivity index (χ4v) is 0.622. The maximum atomic E-state index is 8.36. The first-order valence-electron chi connectivity index (χ1n) is 2.65. The Morgan fingerprint density at radius 2 is 2.18 bits per heavy atom. The van der Waals surface area contributed by atoms with Gasteiger partial charge in [0, 0.05) is 0 Å². The van der Waals surface area contributed by atoms with Crippen LogP contribution in [0.3, 0.4) is 0 Å². The summed E-state index contributed by atoms with van der Waals surface area (Å²) in [6.07, 6.45) is 1.60. The van der Waals surface area contributed by atoms with Crippen molar-refractivity contribution in [2.45, 2.75) is 0 Å². The summed E-state index contributed by atoms with van der Waals surface area (Å²) >= 11 is 3.18. The fraction of sp³-hybridized carbons (Fsp3) is 0. The van der Waals surface area contributed by atoms with Crippen molar-refractivity contribution in [3.8, 4) is 0 Å². The number of nitrogens with two attached hydrogens (primary N) is 1. The number of aromatic nitrogens is 1. The minimum Gasteiger partial charge on any atom is -0.483 e. The van der Waals surface area contributed by atoms with Crippen LogP contribution in [0, 0.1) is 0 Å². The number of rotatable bonds is 0. The van der Waals surface area contributed by atoms with Crippen LogP contribution in [0.2, 0.25) is 0 Å². The molecule has 5 heteroatoms. The number of hydrogen-bond donors (Lipinski definition) is 2. The summed E-state index contributed by atoms with van der Waals surface area (Å²) in [5.41, 5.74) is 6.03. The lowest BCUT2D eigenvalue weighted by Crippen LogP contribution is -1.83. The van der Waals surface area contributed by atoms with Crippen LogP contribution in [0.1, 0.15) is 0 Å². The first-order chi connectivity index (χ1) is 5.20. The number of nitrogen functional groups attached to an aromatic ring is 1. The van der Waals surface area contributed by atoms with Gasteiger partial charge >= 0.3 is 0 Å². The Kier molecular flexibility index (Phi) is 5.10. The van der Waals surface area contributed by atoms with Gasteiger partial charge in [0.15, 0.2) is 0 Å². The number of nitrogens with zero attached hydrogens (tertiary/aromatic N) is 1. The van der Waals surface area contributed by atoms with Crippen molar-refractivity contribution in [2.24, 2.45) is 0 Å². The number of carbonyl (C=O) groups is 1. The number of anilines is 1. The number of hydrogen-bond acceptors (Lipinski definition) is 3. The van der Waals surface area contributed by atoms with E-state index in [4.69, 9.17) is 15.6 Å². The monoisotopic (exact) mass is 218 g/mol. The normalized spacial score (nSPS) is 7.73. The lowest BCUT2D eigenvalue weighted by molar-refractivity contribution is -0.122. The highest BCUT2D eigenvalue weighted by atomic mass is 79.9. The molecular weight excluding hydrogens is 212 g/mol. The molecular formula is C6H7BrN2O2.